The third kappa shape index (κ3) is 8.32. The molecule has 0 aliphatic rings. The molecule has 7 heteroatoms. The van der Waals surface area contributed by atoms with Crippen molar-refractivity contribution >= 4 is 13.6 Å². The zero-order chi connectivity index (χ0) is 13.3. The van der Waals surface area contributed by atoms with Gasteiger partial charge >= 0.3 is 13.6 Å². The SMILES string of the molecule is CCOP(=O)(CC)OCCC(O)COC(C)=O. The van der Waals surface area contributed by atoms with Crippen LogP contribution in [0.25, 0.3) is 0 Å². The Balaban J connectivity index is 3.81. The Hall–Kier alpha value is -0.420. The van der Waals surface area contributed by atoms with Crippen molar-refractivity contribution in [2.75, 3.05) is 26.0 Å². The summed E-state index contributed by atoms with van der Waals surface area (Å²) in [7, 11) is -3.01. The Morgan fingerprint density at radius 2 is 2.00 bits per heavy atom. The standard InChI is InChI=1S/C10H21O6P/c1-4-15-17(13,5-2)16-7-6-10(12)8-14-9(3)11/h10,12H,4-8H2,1-3H3. The van der Waals surface area contributed by atoms with Gasteiger partial charge in [-0.15, -0.1) is 0 Å². The van der Waals surface area contributed by atoms with Gasteiger partial charge in [0, 0.05) is 19.5 Å². The summed E-state index contributed by atoms with van der Waals surface area (Å²) in [5.41, 5.74) is 0. The Bertz CT molecular complexity index is 268. The number of aliphatic hydroxyl groups is 1. The molecular formula is C10H21O6P. The molecule has 0 radical (unpaired) electrons. The maximum atomic E-state index is 11.8. The molecule has 0 heterocycles. The Kier molecular flexibility index (Phi) is 8.43. The fourth-order valence-electron chi connectivity index (χ4n) is 1.04. The Morgan fingerprint density at radius 1 is 1.35 bits per heavy atom. The second-order valence-electron chi connectivity index (χ2n) is 3.42. The molecule has 0 spiro atoms. The van der Waals surface area contributed by atoms with Gasteiger partial charge in [-0.2, -0.15) is 0 Å². The van der Waals surface area contributed by atoms with Crippen LogP contribution in [0.1, 0.15) is 27.2 Å². The molecule has 0 saturated carbocycles. The molecule has 102 valence electrons. The first-order chi connectivity index (χ1) is 7.93. The van der Waals surface area contributed by atoms with Crippen molar-refractivity contribution < 1.29 is 28.3 Å². The first kappa shape index (κ1) is 16.6. The van der Waals surface area contributed by atoms with Crippen molar-refractivity contribution in [2.45, 2.75) is 33.3 Å². The van der Waals surface area contributed by atoms with Crippen LogP contribution in [0.15, 0.2) is 0 Å². The summed E-state index contributed by atoms with van der Waals surface area (Å²) in [6, 6.07) is 0. The molecule has 17 heavy (non-hydrogen) atoms. The minimum absolute atomic E-state index is 0.0796. The summed E-state index contributed by atoms with van der Waals surface area (Å²) in [5, 5.41) is 9.41. The fourth-order valence-corrected chi connectivity index (χ4v) is 2.26. The highest BCUT2D eigenvalue weighted by Crippen LogP contribution is 2.47. The molecule has 0 fully saturated rings. The zero-order valence-electron chi connectivity index (χ0n) is 10.5. The molecule has 0 saturated heterocycles. The van der Waals surface area contributed by atoms with E-state index in [2.05, 4.69) is 4.74 Å². The third-order valence-corrected chi connectivity index (χ3v) is 3.93. The molecule has 0 aliphatic carbocycles. The van der Waals surface area contributed by atoms with Gasteiger partial charge in [-0.25, -0.2) is 0 Å². The fraction of sp³-hybridized carbons (Fsp3) is 0.900. The summed E-state index contributed by atoms with van der Waals surface area (Å²) in [5.74, 6) is -0.446. The third-order valence-electron chi connectivity index (χ3n) is 1.93. The van der Waals surface area contributed by atoms with E-state index >= 15 is 0 Å². The Morgan fingerprint density at radius 3 is 2.47 bits per heavy atom. The van der Waals surface area contributed by atoms with Crippen LogP contribution in [0, 0.1) is 0 Å². The molecular weight excluding hydrogens is 247 g/mol. The lowest BCUT2D eigenvalue weighted by atomic mass is 10.3. The number of rotatable bonds is 9. The Labute approximate surface area is 102 Å². The van der Waals surface area contributed by atoms with Crippen molar-refractivity contribution in [3.05, 3.63) is 0 Å². The quantitative estimate of drug-likeness (QED) is 0.505. The average molecular weight is 268 g/mol. The van der Waals surface area contributed by atoms with Gasteiger partial charge < -0.3 is 18.9 Å². The number of esters is 1. The van der Waals surface area contributed by atoms with Crippen molar-refractivity contribution in [1.82, 2.24) is 0 Å². The second-order valence-corrected chi connectivity index (χ2v) is 5.79. The monoisotopic (exact) mass is 268 g/mol. The lowest BCUT2D eigenvalue weighted by Crippen LogP contribution is -2.19. The van der Waals surface area contributed by atoms with Crippen molar-refractivity contribution in [2.24, 2.45) is 0 Å². The van der Waals surface area contributed by atoms with Gasteiger partial charge in [-0.3, -0.25) is 9.36 Å². The lowest BCUT2D eigenvalue weighted by molar-refractivity contribution is -0.144. The molecule has 0 aromatic rings. The van der Waals surface area contributed by atoms with Crippen LogP contribution in [-0.2, 0) is 23.1 Å². The minimum atomic E-state index is -3.01. The van der Waals surface area contributed by atoms with E-state index < -0.39 is 19.7 Å². The van der Waals surface area contributed by atoms with E-state index in [1.54, 1.807) is 13.8 Å². The van der Waals surface area contributed by atoms with Gasteiger partial charge in [0.1, 0.15) is 6.61 Å². The molecule has 2 atom stereocenters. The summed E-state index contributed by atoms with van der Waals surface area (Å²) < 4.78 is 26.6. The van der Waals surface area contributed by atoms with Crippen LogP contribution in [0.3, 0.4) is 0 Å². The van der Waals surface area contributed by atoms with E-state index in [0.29, 0.717) is 12.8 Å². The molecule has 2 unspecified atom stereocenters. The largest absolute Gasteiger partial charge is 0.463 e. The van der Waals surface area contributed by atoms with Gasteiger partial charge in [-0.1, -0.05) is 6.92 Å². The average Bonchev–Trinajstić information content (AvgIpc) is 2.26. The van der Waals surface area contributed by atoms with Gasteiger partial charge in [-0.05, 0) is 6.92 Å². The maximum Gasteiger partial charge on any atom is 0.330 e. The van der Waals surface area contributed by atoms with Crippen LogP contribution in [-0.4, -0.2) is 43.2 Å². The van der Waals surface area contributed by atoms with Crippen molar-refractivity contribution in [3.63, 3.8) is 0 Å². The van der Waals surface area contributed by atoms with E-state index in [0.717, 1.165) is 0 Å². The van der Waals surface area contributed by atoms with Crippen LogP contribution >= 0.6 is 7.60 Å². The van der Waals surface area contributed by atoms with Crippen molar-refractivity contribution in [3.8, 4) is 0 Å². The molecule has 0 aromatic carbocycles. The highest BCUT2D eigenvalue weighted by atomic mass is 31.2. The van der Waals surface area contributed by atoms with Crippen LogP contribution in [0.2, 0.25) is 0 Å². The molecule has 0 aromatic heterocycles. The number of aliphatic hydroxyl groups excluding tert-OH is 1. The second kappa shape index (κ2) is 8.64. The highest BCUT2D eigenvalue weighted by Gasteiger charge is 2.21. The van der Waals surface area contributed by atoms with Gasteiger partial charge in [0.15, 0.2) is 0 Å². The van der Waals surface area contributed by atoms with Gasteiger partial charge in [0.05, 0.1) is 19.3 Å². The normalized spacial score (nSPS) is 16.2. The van der Waals surface area contributed by atoms with Crippen molar-refractivity contribution in [1.29, 1.82) is 0 Å². The molecule has 1 N–H and O–H groups in total. The minimum Gasteiger partial charge on any atom is -0.463 e. The number of hydrogen-bond acceptors (Lipinski definition) is 6. The summed E-state index contributed by atoms with van der Waals surface area (Å²) in [6.07, 6.45) is -0.281. The molecule has 6 nitrogen and oxygen atoms in total. The smallest absolute Gasteiger partial charge is 0.330 e. The lowest BCUT2D eigenvalue weighted by Gasteiger charge is -2.17. The van der Waals surface area contributed by atoms with Crippen LogP contribution < -0.4 is 0 Å². The predicted octanol–water partition coefficient (Wildman–Crippen LogP) is 1.57. The van der Waals surface area contributed by atoms with E-state index in [1.165, 1.54) is 6.92 Å². The number of carbonyl (C=O) groups excluding carboxylic acids is 1. The van der Waals surface area contributed by atoms with E-state index in [4.69, 9.17) is 9.05 Å². The number of carbonyl (C=O) groups is 1. The van der Waals surface area contributed by atoms with E-state index in [1.807, 2.05) is 0 Å². The molecule has 0 rings (SSSR count). The molecule has 0 aliphatic heterocycles. The summed E-state index contributed by atoms with van der Waals surface area (Å²) >= 11 is 0. The number of hydrogen-bond donors (Lipinski definition) is 1. The predicted molar refractivity (Wildman–Crippen MR) is 63.0 cm³/mol. The first-order valence-electron chi connectivity index (χ1n) is 5.63. The highest BCUT2D eigenvalue weighted by molar-refractivity contribution is 7.53. The van der Waals surface area contributed by atoms with Crippen LogP contribution in [0.5, 0.6) is 0 Å². The molecule has 0 bridgehead atoms. The maximum absolute atomic E-state index is 11.8. The molecule has 0 amide bonds. The van der Waals surface area contributed by atoms with Gasteiger partial charge in [0.2, 0.25) is 0 Å². The summed E-state index contributed by atoms with van der Waals surface area (Å²) in [4.78, 5) is 10.5. The topological polar surface area (TPSA) is 82.1 Å². The first-order valence-corrected chi connectivity index (χ1v) is 7.36. The summed E-state index contributed by atoms with van der Waals surface area (Å²) in [6.45, 7) is 5.06. The van der Waals surface area contributed by atoms with E-state index in [9.17, 15) is 14.5 Å². The van der Waals surface area contributed by atoms with Gasteiger partial charge in [0.25, 0.3) is 0 Å². The van der Waals surface area contributed by atoms with E-state index in [-0.39, 0.29) is 19.6 Å². The zero-order valence-corrected chi connectivity index (χ0v) is 11.4. The van der Waals surface area contributed by atoms with Crippen LogP contribution in [0.4, 0.5) is 0 Å². The number of ether oxygens (including phenoxy) is 1.